The standard InChI is InChI=1S/C29H34FN3O4S2/c1-20(2)31-29(35)22(4)32(18-23-8-6-7-9-27(23)30)28(34)19-33(24-12-10-21(3)11-13-24)39(36,37)26-16-14-25(38-5)15-17-26/h6-17,20,22H,18-19H2,1-5H3,(H,31,35). The number of nitrogens with zero attached hydrogens (tertiary/aromatic N) is 2. The number of amides is 2. The van der Waals surface area contributed by atoms with Gasteiger partial charge in [-0.1, -0.05) is 35.9 Å². The molecule has 3 rings (SSSR count). The van der Waals surface area contributed by atoms with Crippen LogP contribution in [-0.4, -0.2) is 50.0 Å². The quantitative estimate of drug-likeness (QED) is 0.328. The molecule has 0 heterocycles. The topological polar surface area (TPSA) is 86.8 Å². The van der Waals surface area contributed by atoms with Gasteiger partial charge < -0.3 is 10.2 Å². The van der Waals surface area contributed by atoms with Crippen molar-refractivity contribution in [3.8, 4) is 0 Å². The van der Waals surface area contributed by atoms with Gasteiger partial charge >= 0.3 is 0 Å². The summed E-state index contributed by atoms with van der Waals surface area (Å²) in [5.41, 5.74) is 1.44. The summed E-state index contributed by atoms with van der Waals surface area (Å²) in [6.45, 7) is 6.22. The van der Waals surface area contributed by atoms with Crippen molar-refractivity contribution in [2.45, 2.75) is 56.1 Å². The van der Waals surface area contributed by atoms with Crippen molar-refractivity contribution in [3.05, 3.63) is 89.7 Å². The average Bonchev–Trinajstić information content (AvgIpc) is 2.91. The van der Waals surface area contributed by atoms with Gasteiger partial charge in [-0.05, 0) is 76.4 Å². The summed E-state index contributed by atoms with van der Waals surface area (Å²) in [4.78, 5) is 28.9. The lowest BCUT2D eigenvalue weighted by Gasteiger charge is -2.32. The number of thioether (sulfide) groups is 1. The summed E-state index contributed by atoms with van der Waals surface area (Å²) >= 11 is 1.48. The fraction of sp³-hybridized carbons (Fsp3) is 0.310. The molecule has 1 N–H and O–H groups in total. The van der Waals surface area contributed by atoms with E-state index < -0.39 is 40.2 Å². The molecule has 2 amide bonds. The monoisotopic (exact) mass is 571 g/mol. The molecule has 0 bridgehead atoms. The van der Waals surface area contributed by atoms with Crippen LogP contribution in [0.4, 0.5) is 10.1 Å². The minimum Gasteiger partial charge on any atom is -0.352 e. The number of rotatable bonds is 11. The summed E-state index contributed by atoms with van der Waals surface area (Å²) in [6, 6.07) is 18.0. The number of hydrogen-bond acceptors (Lipinski definition) is 5. The molecule has 3 aromatic rings. The van der Waals surface area contributed by atoms with E-state index in [1.807, 2.05) is 13.2 Å². The minimum atomic E-state index is -4.16. The van der Waals surface area contributed by atoms with Crippen molar-refractivity contribution in [3.63, 3.8) is 0 Å². The number of hydrogen-bond donors (Lipinski definition) is 1. The van der Waals surface area contributed by atoms with Crippen LogP contribution < -0.4 is 9.62 Å². The average molecular weight is 572 g/mol. The van der Waals surface area contributed by atoms with Crippen LogP contribution in [0.2, 0.25) is 0 Å². The molecule has 39 heavy (non-hydrogen) atoms. The van der Waals surface area contributed by atoms with Crippen LogP contribution in [0.15, 0.2) is 82.6 Å². The highest BCUT2D eigenvalue weighted by molar-refractivity contribution is 7.98. The maximum atomic E-state index is 14.6. The molecule has 0 spiro atoms. The molecule has 0 saturated carbocycles. The lowest BCUT2D eigenvalue weighted by atomic mass is 10.1. The van der Waals surface area contributed by atoms with Gasteiger partial charge in [0.25, 0.3) is 10.0 Å². The van der Waals surface area contributed by atoms with E-state index in [0.29, 0.717) is 5.69 Å². The first-order valence-electron chi connectivity index (χ1n) is 12.5. The molecule has 0 aliphatic carbocycles. The van der Waals surface area contributed by atoms with Gasteiger partial charge in [-0.25, -0.2) is 12.8 Å². The molecule has 0 aliphatic heterocycles. The Labute approximate surface area is 234 Å². The van der Waals surface area contributed by atoms with Crippen LogP contribution in [0, 0.1) is 12.7 Å². The molecule has 0 radical (unpaired) electrons. The van der Waals surface area contributed by atoms with Gasteiger partial charge in [0, 0.05) is 23.0 Å². The van der Waals surface area contributed by atoms with E-state index in [0.717, 1.165) is 14.8 Å². The number of carbonyl (C=O) groups excluding carboxylic acids is 2. The number of carbonyl (C=O) groups is 2. The van der Waals surface area contributed by atoms with Crippen LogP contribution in [0.5, 0.6) is 0 Å². The van der Waals surface area contributed by atoms with Gasteiger partial charge in [0.2, 0.25) is 11.8 Å². The lowest BCUT2D eigenvalue weighted by molar-refractivity contribution is -0.139. The Morgan fingerprint density at radius 2 is 1.56 bits per heavy atom. The van der Waals surface area contributed by atoms with Crippen molar-refractivity contribution in [2.24, 2.45) is 0 Å². The van der Waals surface area contributed by atoms with Crippen molar-refractivity contribution in [1.29, 1.82) is 0 Å². The van der Waals surface area contributed by atoms with Gasteiger partial charge in [0.1, 0.15) is 18.4 Å². The zero-order valence-corrected chi connectivity index (χ0v) is 24.4. The highest BCUT2D eigenvalue weighted by Crippen LogP contribution is 2.26. The van der Waals surface area contributed by atoms with E-state index in [9.17, 15) is 22.4 Å². The smallest absolute Gasteiger partial charge is 0.264 e. The second kappa shape index (κ2) is 13.1. The van der Waals surface area contributed by atoms with Crippen molar-refractivity contribution >= 4 is 39.3 Å². The number of nitrogens with one attached hydrogen (secondary N) is 1. The Kier molecular flexibility index (Phi) is 10.2. The zero-order valence-electron chi connectivity index (χ0n) is 22.7. The van der Waals surface area contributed by atoms with E-state index in [1.165, 1.54) is 47.0 Å². The lowest BCUT2D eigenvalue weighted by Crippen LogP contribution is -2.52. The largest absolute Gasteiger partial charge is 0.352 e. The van der Waals surface area contributed by atoms with Crippen LogP contribution in [-0.2, 0) is 26.2 Å². The summed E-state index contributed by atoms with van der Waals surface area (Å²) in [7, 11) is -4.16. The summed E-state index contributed by atoms with van der Waals surface area (Å²) < 4.78 is 43.3. The number of benzene rings is 3. The van der Waals surface area contributed by atoms with Crippen molar-refractivity contribution < 1.29 is 22.4 Å². The van der Waals surface area contributed by atoms with Gasteiger partial charge in [-0.3, -0.25) is 13.9 Å². The van der Waals surface area contributed by atoms with E-state index in [-0.39, 0.29) is 23.0 Å². The first-order chi connectivity index (χ1) is 18.4. The maximum absolute atomic E-state index is 14.6. The predicted octanol–water partition coefficient (Wildman–Crippen LogP) is 4.99. The van der Waals surface area contributed by atoms with Crippen LogP contribution in [0.1, 0.15) is 31.9 Å². The molecule has 0 saturated heterocycles. The summed E-state index contributed by atoms with van der Waals surface area (Å²) in [5.74, 6) is -1.59. The Morgan fingerprint density at radius 1 is 0.949 bits per heavy atom. The molecule has 1 unspecified atom stereocenters. The molecular weight excluding hydrogens is 537 g/mol. The van der Waals surface area contributed by atoms with E-state index in [2.05, 4.69) is 5.32 Å². The van der Waals surface area contributed by atoms with Crippen molar-refractivity contribution in [2.75, 3.05) is 17.1 Å². The molecule has 0 fully saturated rings. The normalized spacial score (nSPS) is 12.2. The Morgan fingerprint density at radius 3 is 2.13 bits per heavy atom. The molecule has 1 atom stereocenters. The number of aryl methyl sites for hydroxylation is 1. The van der Waals surface area contributed by atoms with E-state index in [4.69, 9.17) is 0 Å². The van der Waals surface area contributed by atoms with Crippen LogP contribution in [0.3, 0.4) is 0 Å². The first kappa shape index (κ1) is 30.2. The Bertz CT molecular complexity index is 1390. The number of sulfonamides is 1. The van der Waals surface area contributed by atoms with Crippen LogP contribution >= 0.6 is 11.8 Å². The third kappa shape index (κ3) is 7.60. The van der Waals surface area contributed by atoms with Gasteiger partial charge in [0.15, 0.2) is 0 Å². The molecule has 3 aromatic carbocycles. The third-order valence-corrected chi connectivity index (χ3v) is 8.68. The molecule has 10 heteroatoms. The van der Waals surface area contributed by atoms with E-state index >= 15 is 0 Å². The molecule has 0 aromatic heterocycles. The van der Waals surface area contributed by atoms with E-state index in [1.54, 1.807) is 63.2 Å². The van der Waals surface area contributed by atoms with Crippen molar-refractivity contribution in [1.82, 2.24) is 10.2 Å². The number of anilines is 1. The molecule has 0 aliphatic rings. The molecule has 7 nitrogen and oxygen atoms in total. The third-order valence-electron chi connectivity index (χ3n) is 6.15. The Balaban J connectivity index is 2.04. The summed E-state index contributed by atoms with van der Waals surface area (Å²) in [5, 5.41) is 2.78. The van der Waals surface area contributed by atoms with Crippen LogP contribution in [0.25, 0.3) is 0 Å². The highest BCUT2D eigenvalue weighted by Gasteiger charge is 2.33. The SMILES string of the molecule is CSc1ccc(S(=O)(=O)N(CC(=O)N(Cc2ccccc2F)C(C)C(=O)NC(C)C)c2ccc(C)cc2)cc1. The van der Waals surface area contributed by atoms with Gasteiger partial charge in [-0.15, -0.1) is 11.8 Å². The highest BCUT2D eigenvalue weighted by atomic mass is 32.2. The fourth-order valence-corrected chi connectivity index (χ4v) is 5.73. The second-order valence-electron chi connectivity index (χ2n) is 9.48. The van der Waals surface area contributed by atoms with Gasteiger partial charge in [-0.2, -0.15) is 0 Å². The maximum Gasteiger partial charge on any atom is 0.264 e. The van der Waals surface area contributed by atoms with Gasteiger partial charge in [0.05, 0.1) is 10.6 Å². The molecular formula is C29H34FN3O4S2. The second-order valence-corrected chi connectivity index (χ2v) is 12.2. The zero-order chi connectivity index (χ0) is 28.7. The first-order valence-corrected chi connectivity index (χ1v) is 15.2. The minimum absolute atomic E-state index is 0.0277. The Hall–Kier alpha value is -3.37. The number of halogens is 1. The fourth-order valence-electron chi connectivity index (χ4n) is 3.91. The predicted molar refractivity (Wildman–Crippen MR) is 154 cm³/mol. The summed E-state index contributed by atoms with van der Waals surface area (Å²) in [6.07, 6.45) is 1.89. The molecule has 208 valence electrons.